The minimum atomic E-state index is -4.51. The van der Waals surface area contributed by atoms with Crippen LogP contribution in [0.5, 0.6) is 0 Å². The maximum Gasteiger partial charge on any atom is 0.418 e. The molecule has 18 heavy (non-hydrogen) atoms. The normalized spacial score (nSPS) is 11.3. The van der Waals surface area contributed by atoms with Crippen molar-refractivity contribution in [2.24, 2.45) is 0 Å². The molecule has 0 saturated carbocycles. The van der Waals surface area contributed by atoms with Crippen molar-refractivity contribution in [3.63, 3.8) is 0 Å². The number of carbonyl (C=O) groups is 1. The van der Waals surface area contributed by atoms with Gasteiger partial charge < -0.3 is 15.7 Å². The highest BCUT2D eigenvalue weighted by molar-refractivity contribution is 5.93. The molecule has 0 heterocycles. The van der Waals surface area contributed by atoms with Gasteiger partial charge in [-0.2, -0.15) is 13.2 Å². The van der Waals surface area contributed by atoms with Crippen LogP contribution >= 0.6 is 0 Å². The molecule has 0 bridgehead atoms. The first-order chi connectivity index (χ1) is 8.45. The van der Waals surface area contributed by atoms with Crippen LogP contribution in [0, 0.1) is 0 Å². The lowest BCUT2D eigenvalue weighted by Gasteiger charge is -2.13. The van der Waals surface area contributed by atoms with Gasteiger partial charge >= 0.3 is 6.18 Å². The van der Waals surface area contributed by atoms with E-state index in [0.29, 0.717) is 0 Å². The third kappa shape index (κ3) is 4.34. The number of rotatable bonds is 5. The third-order valence-electron chi connectivity index (χ3n) is 2.08. The molecule has 0 atom stereocenters. The summed E-state index contributed by atoms with van der Waals surface area (Å²) in [6.07, 6.45) is -4.51. The van der Waals surface area contributed by atoms with Crippen LogP contribution in [-0.4, -0.2) is 30.7 Å². The number of benzene rings is 1. The van der Waals surface area contributed by atoms with Gasteiger partial charge in [0.05, 0.1) is 24.4 Å². The highest BCUT2D eigenvalue weighted by Crippen LogP contribution is 2.34. The second-order valence-corrected chi connectivity index (χ2v) is 3.49. The van der Waals surface area contributed by atoms with Gasteiger partial charge in [-0.25, -0.2) is 0 Å². The number of aliphatic hydroxyl groups excluding tert-OH is 1. The largest absolute Gasteiger partial charge is 0.418 e. The van der Waals surface area contributed by atoms with Crippen molar-refractivity contribution in [1.29, 1.82) is 0 Å². The van der Waals surface area contributed by atoms with Crippen molar-refractivity contribution in [2.75, 3.05) is 25.0 Å². The summed E-state index contributed by atoms with van der Waals surface area (Å²) in [5.41, 5.74) is -1.17. The van der Waals surface area contributed by atoms with Gasteiger partial charge in [0.2, 0.25) is 5.91 Å². The SMILES string of the molecule is O=C(CNCCO)Nc1ccccc1C(F)(F)F. The van der Waals surface area contributed by atoms with E-state index >= 15 is 0 Å². The van der Waals surface area contributed by atoms with Gasteiger partial charge in [0.15, 0.2) is 0 Å². The van der Waals surface area contributed by atoms with Crippen LogP contribution in [0.3, 0.4) is 0 Å². The van der Waals surface area contributed by atoms with E-state index in [9.17, 15) is 18.0 Å². The molecule has 3 N–H and O–H groups in total. The first kappa shape index (κ1) is 14.5. The van der Waals surface area contributed by atoms with Crippen molar-refractivity contribution in [2.45, 2.75) is 6.18 Å². The summed E-state index contributed by atoms with van der Waals surface area (Å²) in [5, 5.41) is 13.2. The van der Waals surface area contributed by atoms with Crippen LogP contribution in [0.2, 0.25) is 0 Å². The average Bonchev–Trinajstić information content (AvgIpc) is 2.28. The minimum Gasteiger partial charge on any atom is -0.395 e. The molecule has 0 saturated heterocycles. The average molecular weight is 262 g/mol. The zero-order valence-corrected chi connectivity index (χ0v) is 9.42. The monoisotopic (exact) mass is 262 g/mol. The van der Waals surface area contributed by atoms with Crippen LogP contribution in [0.4, 0.5) is 18.9 Å². The van der Waals surface area contributed by atoms with Gasteiger partial charge in [-0.15, -0.1) is 0 Å². The number of aliphatic hydroxyl groups is 1. The fraction of sp³-hybridized carbons (Fsp3) is 0.364. The lowest BCUT2D eigenvalue weighted by molar-refractivity contribution is -0.137. The highest BCUT2D eigenvalue weighted by atomic mass is 19.4. The van der Waals surface area contributed by atoms with Crippen molar-refractivity contribution in [3.8, 4) is 0 Å². The quantitative estimate of drug-likeness (QED) is 0.699. The Labute approximate surface area is 102 Å². The van der Waals surface area contributed by atoms with E-state index in [0.717, 1.165) is 6.07 Å². The van der Waals surface area contributed by atoms with Crippen LogP contribution in [0.1, 0.15) is 5.56 Å². The maximum atomic E-state index is 12.6. The number of hydrogen-bond donors (Lipinski definition) is 3. The number of carbonyl (C=O) groups excluding carboxylic acids is 1. The van der Waals surface area contributed by atoms with E-state index in [1.165, 1.54) is 18.2 Å². The van der Waals surface area contributed by atoms with Gasteiger partial charge in [-0.3, -0.25) is 4.79 Å². The molecule has 1 aromatic rings. The molecule has 4 nitrogen and oxygen atoms in total. The highest BCUT2D eigenvalue weighted by Gasteiger charge is 2.33. The Kier molecular flexibility index (Phi) is 5.11. The molecule has 0 aliphatic carbocycles. The second-order valence-electron chi connectivity index (χ2n) is 3.49. The number of para-hydroxylation sites is 1. The standard InChI is InChI=1S/C11H13F3N2O2/c12-11(13,14)8-3-1-2-4-9(8)16-10(18)7-15-5-6-17/h1-4,15,17H,5-7H2,(H,16,18). The number of anilines is 1. The summed E-state index contributed by atoms with van der Waals surface area (Å²) in [7, 11) is 0. The molecule has 100 valence electrons. The predicted molar refractivity (Wildman–Crippen MR) is 60.0 cm³/mol. The number of halogens is 3. The molecule has 1 aromatic carbocycles. The van der Waals surface area contributed by atoms with E-state index in [1.54, 1.807) is 0 Å². The van der Waals surface area contributed by atoms with E-state index in [2.05, 4.69) is 10.6 Å². The van der Waals surface area contributed by atoms with Gasteiger partial charge in [-0.05, 0) is 12.1 Å². The summed E-state index contributed by atoms with van der Waals surface area (Å²) in [4.78, 5) is 11.3. The van der Waals surface area contributed by atoms with Crippen LogP contribution in [0.25, 0.3) is 0 Å². The molecule has 0 fully saturated rings. The Bertz CT molecular complexity index is 408. The number of alkyl halides is 3. The zero-order valence-electron chi connectivity index (χ0n) is 9.42. The predicted octanol–water partition coefficient (Wildman–Crippen LogP) is 1.23. The summed E-state index contributed by atoms with van der Waals surface area (Å²) in [5.74, 6) is -0.597. The minimum absolute atomic E-state index is 0.146. The van der Waals surface area contributed by atoms with Crippen LogP contribution < -0.4 is 10.6 Å². The number of amides is 1. The lowest BCUT2D eigenvalue weighted by atomic mass is 10.1. The first-order valence-electron chi connectivity index (χ1n) is 5.23. The van der Waals surface area contributed by atoms with Crippen LogP contribution in [-0.2, 0) is 11.0 Å². The van der Waals surface area contributed by atoms with Gasteiger partial charge in [0.25, 0.3) is 0 Å². The molecule has 0 unspecified atom stereocenters. The summed E-state index contributed by atoms with van der Waals surface area (Å²) < 4.78 is 37.8. The Hall–Kier alpha value is -1.60. The zero-order chi connectivity index (χ0) is 13.6. The second kappa shape index (κ2) is 6.36. The van der Waals surface area contributed by atoms with Crippen LogP contribution in [0.15, 0.2) is 24.3 Å². The van der Waals surface area contributed by atoms with Gasteiger partial charge in [0, 0.05) is 6.54 Å². The maximum absolute atomic E-state index is 12.6. The third-order valence-corrected chi connectivity index (χ3v) is 2.08. The van der Waals surface area contributed by atoms with Crippen molar-refractivity contribution in [3.05, 3.63) is 29.8 Å². The Morgan fingerprint density at radius 2 is 1.94 bits per heavy atom. The molecule has 1 rings (SSSR count). The topological polar surface area (TPSA) is 61.4 Å². The fourth-order valence-electron chi connectivity index (χ4n) is 1.31. The summed E-state index contributed by atoms with van der Waals surface area (Å²) in [6, 6.07) is 4.75. The number of nitrogens with one attached hydrogen (secondary N) is 2. The summed E-state index contributed by atoms with van der Waals surface area (Å²) >= 11 is 0. The van der Waals surface area contributed by atoms with Crippen molar-refractivity contribution in [1.82, 2.24) is 5.32 Å². The van der Waals surface area contributed by atoms with Crippen molar-refractivity contribution >= 4 is 11.6 Å². The molecule has 7 heteroatoms. The number of hydrogen-bond acceptors (Lipinski definition) is 3. The Morgan fingerprint density at radius 1 is 1.28 bits per heavy atom. The Balaban J connectivity index is 2.70. The molecule has 0 aromatic heterocycles. The molecule has 0 spiro atoms. The lowest BCUT2D eigenvalue weighted by Crippen LogP contribution is -2.30. The van der Waals surface area contributed by atoms with Gasteiger partial charge in [-0.1, -0.05) is 12.1 Å². The molecule has 0 radical (unpaired) electrons. The fourth-order valence-corrected chi connectivity index (χ4v) is 1.31. The van der Waals surface area contributed by atoms with E-state index in [-0.39, 0.29) is 25.4 Å². The van der Waals surface area contributed by atoms with E-state index in [1.807, 2.05) is 0 Å². The molecule has 0 aliphatic heterocycles. The summed E-state index contributed by atoms with van der Waals surface area (Å²) in [6.45, 7) is -0.104. The van der Waals surface area contributed by atoms with Gasteiger partial charge in [0.1, 0.15) is 0 Å². The van der Waals surface area contributed by atoms with E-state index < -0.39 is 17.6 Å². The first-order valence-corrected chi connectivity index (χ1v) is 5.23. The van der Waals surface area contributed by atoms with E-state index in [4.69, 9.17) is 5.11 Å². The molecule has 0 aliphatic rings. The smallest absolute Gasteiger partial charge is 0.395 e. The Morgan fingerprint density at radius 3 is 2.56 bits per heavy atom. The molecular weight excluding hydrogens is 249 g/mol. The van der Waals surface area contributed by atoms with Crippen molar-refractivity contribution < 1.29 is 23.1 Å². The molecule has 1 amide bonds. The molecular formula is C11H13F3N2O2.